The molecule has 1 aliphatic rings. The number of hydrogen-bond acceptors (Lipinski definition) is 4. The van der Waals surface area contributed by atoms with Crippen LogP contribution in [0.25, 0.3) is 11.1 Å². The van der Waals surface area contributed by atoms with E-state index in [0.29, 0.717) is 30.9 Å². The molecule has 0 radical (unpaired) electrons. The van der Waals surface area contributed by atoms with Crippen LogP contribution in [-0.2, 0) is 0 Å². The van der Waals surface area contributed by atoms with Gasteiger partial charge in [-0.25, -0.2) is 0 Å². The molecule has 0 unspecified atom stereocenters. The summed E-state index contributed by atoms with van der Waals surface area (Å²) in [7, 11) is 0. The largest absolute Gasteiger partial charge is 0.463 e. The Morgan fingerprint density at radius 2 is 2.16 bits per heavy atom. The summed E-state index contributed by atoms with van der Waals surface area (Å²) >= 11 is 0. The summed E-state index contributed by atoms with van der Waals surface area (Å²) in [6.07, 6.45) is 1.60. The molecular formula is C13H17N3O3. The third kappa shape index (κ3) is 2.36. The van der Waals surface area contributed by atoms with Crippen molar-refractivity contribution in [3.8, 4) is 0 Å². The Balaban J connectivity index is 1.66. The van der Waals surface area contributed by atoms with E-state index in [4.69, 9.17) is 9.52 Å². The molecule has 1 aliphatic heterocycles. The molecule has 3 heterocycles. The van der Waals surface area contributed by atoms with Crippen LogP contribution in [0.15, 0.2) is 22.8 Å². The fourth-order valence-corrected chi connectivity index (χ4v) is 2.45. The zero-order valence-corrected chi connectivity index (χ0v) is 10.6. The number of rotatable bonds is 3. The third-order valence-corrected chi connectivity index (χ3v) is 3.55. The van der Waals surface area contributed by atoms with Gasteiger partial charge in [0.05, 0.1) is 18.4 Å². The van der Waals surface area contributed by atoms with Gasteiger partial charge in [-0.1, -0.05) is 0 Å². The van der Waals surface area contributed by atoms with E-state index >= 15 is 0 Å². The number of furan rings is 1. The molecule has 0 bridgehead atoms. The zero-order valence-electron chi connectivity index (χ0n) is 10.6. The van der Waals surface area contributed by atoms with Crippen LogP contribution >= 0.6 is 0 Å². The molecule has 0 saturated carbocycles. The predicted octanol–water partition coefficient (Wildman–Crippen LogP) is 0.511. The molecule has 0 spiro atoms. The number of amides is 1. The second kappa shape index (κ2) is 5.07. The van der Waals surface area contributed by atoms with Gasteiger partial charge in [0.1, 0.15) is 5.69 Å². The van der Waals surface area contributed by atoms with Crippen LogP contribution in [0, 0.1) is 0 Å². The highest BCUT2D eigenvalue weighted by molar-refractivity contribution is 5.96. The van der Waals surface area contributed by atoms with Crippen molar-refractivity contribution >= 4 is 17.0 Å². The van der Waals surface area contributed by atoms with Crippen molar-refractivity contribution in [2.45, 2.75) is 0 Å². The molecule has 1 fully saturated rings. The van der Waals surface area contributed by atoms with E-state index in [1.165, 1.54) is 0 Å². The molecule has 0 aliphatic carbocycles. The molecule has 6 nitrogen and oxygen atoms in total. The van der Waals surface area contributed by atoms with Crippen LogP contribution < -0.4 is 0 Å². The van der Waals surface area contributed by atoms with E-state index in [2.05, 4.69) is 9.88 Å². The fraction of sp³-hybridized carbons (Fsp3) is 0.462. The van der Waals surface area contributed by atoms with Gasteiger partial charge in [-0.2, -0.15) is 0 Å². The number of piperazine rings is 1. The standard InChI is InChI=1S/C13H17N3O3/c17-7-6-15-2-4-16(5-3-15)13(18)11-9-12-10(14-11)1-8-19-12/h1,8-9,14,17H,2-7H2. The first-order valence-electron chi connectivity index (χ1n) is 6.46. The van der Waals surface area contributed by atoms with E-state index in [1.54, 1.807) is 12.3 Å². The molecule has 2 aromatic heterocycles. The number of aromatic amines is 1. The number of H-pyrrole nitrogens is 1. The Kier molecular flexibility index (Phi) is 3.27. The molecule has 0 aromatic carbocycles. The number of nitrogens with zero attached hydrogens (tertiary/aromatic N) is 2. The van der Waals surface area contributed by atoms with Gasteiger partial charge in [0, 0.05) is 44.9 Å². The Morgan fingerprint density at radius 1 is 1.37 bits per heavy atom. The van der Waals surface area contributed by atoms with Crippen molar-refractivity contribution in [1.82, 2.24) is 14.8 Å². The molecule has 102 valence electrons. The van der Waals surface area contributed by atoms with E-state index in [1.807, 2.05) is 11.0 Å². The van der Waals surface area contributed by atoms with Crippen LogP contribution in [0.3, 0.4) is 0 Å². The Morgan fingerprint density at radius 3 is 2.84 bits per heavy atom. The lowest BCUT2D eigenvalue weighted by Gasteiger charge is -2.34. The SMILES string of the molecule is O=C(c1cc2occc2[nH]1)N1CCN(CCO)CC1. The van der Waals surface area contributed by atoms with E-state index in [-0.39, 0.29) is 12.5 Å². The summed E-state index contributed by atoms with van der Waals surface area (Å²) in [5.74, 6) is 0.00930. The molecule has 3 rings (SSSR count). The molecular weight excluding hydrogens is 246 g/mol. The number of aliphatic hydroxyl groups is 1. The van der Waals surface area contributed by atoms with Crippen molar-refractivity contribution in [1.29, 1.82) is 0 Å². The van der Waals surface area contributed by atoms with Crippen LogP contribution in [0.5, 0.6) is 0 Å². The average Bonchev–Trinajstić information content (AvgIpc) is 3.00. The lowest BCUT2D eigenvalue weighted by atomic mass is 10.3. The minimum absolute atomic E-state index is 0.00930. The van der Waals surface area contributed by atoms with Crippen molar-refractivity contribution < 1.29 is 14.3 Å². The van der Waals surface area contributed by atoms with Crippen LogP contribution in [0.2, 0.25) is 0 Å². The molecule has 1 saturated heterocycles. The van der Waals surface area contributed by atoms with E-state index in [9.17, 15) is 4.79 Å². The monoisotopic (exact) mass is 263 g/mol. The maximum absolute atomic E-state index is 12.3. The molecule has 19 heavy (non-hydrogen) atoms. The minimum atomic E-state index is 0.00930. The van der Waals surface area contributed by atoms with Gasteiger partial charge in [0.2, 0.25) is 0 Å². The van der Waals surface area contributed by atoms with Gasteiger partial charge in [0.15, 0.2) is 5.58 Å². The first-order valence-corrected chi connectivity index (χ1v) is 6.46. The topological polar surface area (TPSA) is 72.7 Å². The van der Waals surface area contributed by atoms with Gasteiger partial charge in [-0.15, -0.1) is 0 Å². The van der Waals surface area contributed by atoms with E-state index in [0.717, 1.165) is 18.6 Å². The summed E-state index contributed by atoms with van der Waals surface area (Å²) in [5, 5.41) is 8.89. The second-order valence-corrected chi connectivity index (χ2v) is 4.74. The summed E-state index contributed by atoms with van der Waals surface area (Å²) < 4.78 is 5.25. The Bertz CT molecular complexity index is 538. The number of hydrogen-bond donors (Lipinski definition) is 2. The minimum Gasteiger partial charge on any atom is -0.463 e. The second-order valence-electron chi connectivity index (χ2n) is 4.74. The fourth-order valence-electron chi connectivity index (χ4n) is 2.45. The highest BCUT2D eigenvalue weighted by atomic mass is 16.3. The smallest absolute Gasteiger partial charge is 0.270 e. The average molecular weight is 263 g/mol. The molecule has 2 N–H and O–H groups in total. The van der Waals surface area contributed by atoms with Crippen molar-refractivity contribution in [3.63, 3.8) is 0 Å². The van der Waals surface area contributed by atoms with Gasteiger partial charge >= 0.3 is 0 Å². The summed E-state index contributed by atoms with van der Waals surface area (Å²) in [4.78, 5) is 19.4. The summed E-state index contributed by atoms with van der Waals surface area (Å²) in [6, 6.07) is 3.56. The highest BCUT2D eigenvalue weighted by Gasteiger charge is 2.23. The molecule has 1 amide bonds. The molecule has 2 aromatic rings. The predicted molar refractivity (Wildman–Crippen MR) is 70.0 cm³/mol. The summed E-state index contributed by atoms with van der Waals surface area (Å²) in [5.41, 5.74) is 2.13. The van der Waals surface area contributed by atoms with Crippen molar-refractivity contribution in [2.75, 3.05) is 39.3 Å². The number of carbonyl (C=O) groups is 1. The molecule has 0 atom stereocenters. The number of nitrogens with one attached hydrogen (secondary N) is 1. The number of aromatic nitrogens is 1. The van der Waals surface area contributed by atoms with Crippen LogP contribution in [0.4, 0.5) is 0 Å². The molecule has 6 heteroatoms. The van der Waals surface area contributed by atoms with Gasteiger partial charge in [0.25, 0.3) is 5.91 Å². The highest BCUT2D eigenvalue weighted by Crippen LogP contribution is 2.17. The van der Waals surface area contributed by atoms with Crippen LogP contribution in [-0.4, -0.2) is 65.1 Å². The number of carbonyl (C=O) groups excluding carboxylic acids is 1. The number of aliphatic hydroxyl groups excluding tert-OH is 1. The maximum atomic E-state index is 12.3. The normalized spacial score (nSPS) is 17.2. The lowest BCUT2D eigenvalue weighted by Crippen LogP contribution is -2.49. The van der Waals surface area contributed by atoms with Crippen LogP contribution in [0.1, 0.15) is 10.5 Å². The van der Waals surface area contributed by atoms with E-state index < -0.39 is 0 Å². The third-order valence-electron chi connectivity index (χ3n) is 3.55. The van der Waals surface area contributed by atoms with Gasteiger partial charge in [-0.05, 0) is 0 Å². The number of β-amino-alcohol motifs (C(OH)–C–C–N with tert-alkyl or cyclic N) is 1. The first kappa shape index (κ1) is 12.3. The first-order chi connectivity index (χ1) is 9.28. The summed E-state index contributed by atoms with van der Waals surface area (Å²) in [6.45, 7) is 3.85. The Labute approximate surface area is 110 Å². The Hall–Kier alpha value is -1.79. The van der Waals surface area contributed by atoms with Crippen molar-refractivity contribution in [3.05, 3.63) is 24.1 Å². The van der Waals surface area contributed by atoms with Crippen molar-refractivity contribution in [2.24, 2.45) is 0 Å². The lowest BCUT2D eigenvalue weighted by molar-refractivity contribution is 0.0610. The zero-order chi connectivity index (χ0) is 13.2. The van der Waals surface area contributed by atoms with Gasteiger partial charge in [-0.3, -0.25) is 9.69 Å². The number of fused-ring (bicyclic) bond motifs is 1. The quantitative estimate of drug-likeness (QED) is 0.846. The maximum Gasteiger partial charge on any atom is 0.270 e. The van der Waals surface area contributed by atoms with Gasteiger partial charge < -0.3 is 19.4 Å².